The van der Waals surface area contributed by atoms with Crippen molar-refractivity contribution in [1.29, 1.82) is 0 Å². The average Bonchev–Trinajstić information content (AvgIpc) is 2.66. The van der Waals surface area contributed by atoms with E-state index in [9.17, 15) is 0 Å². The monoisotopic (exact) mass is 318 g/mol. The predicted octanol–water partition coefficient (Wildman–Crippen LogP) is 1.69. The Labute approximate surface area is 103 Å². The molecule has 3 N–H and O–H groups in total. The van der Waals surface area contributed by atoms with Gasteiger partial charge < -0.3 is 15.7 Å². The number of aliphatic hydroxyl groups is 1. The number of aliphatic hydroxyl groups excluding tert-OH is 1. The van der Waals surface area contributed by atoms with Crippen molar-refractivity contribution in [2.45, 2.75) is 6.42 Å². The molecule has 2 rings (SSSR count). The van der Waals surface area contributed by atoms with Crippen LogP contribution in [0.4, 0.5) is 11.4 Å². The van der Waals surface area contributed by atoms with E-state index in [2.05, 4.69) is 33.6 Å². The normalized spacial score (nSPS) is 20.9. The van der Waals surface area contributed by atoms with E-state index in [1.807, 2.05) is 12.1 Å². The van der Waals surface area contributed by atoms with E-state index >= 15 is 0 Å². The third-order valence-corrected chi connectivity index (χ3v) is 3.72. The van der Waals surface area contributed by atoms with Crippen molar-refractivity contribution >= 4 is 34.0 Å². The molecule has 1 heterocycles. The van der Waals surface area contributed by atoms with E-state index in [1.54, 1.807) is 0 Å². The lowest BCUT2D eigenvalue weighted by Gasteiger charge is -2.20. The summed E-state index contributed by atoms with van der Waals surface area (Å²) in [4.78, 5) is 2.32. The van der Waals surface area contributed by atoms with Gasteiger partial charge in [0.15, 0.2) is 0 Å². The van der Waals surface area contributed by atoms with Crippen LogP contribution >= 0.6 is 22.6 Å². The fourth-order valence-corrected chi connectivity index (χ4v) is 2.86. The maximum Gasteiger partial charge on any atom is 0.0503 e. The van der Waals surface area contributed by atoms with Gasteiger partial charge in [-0.05, 0) is 47.2 Å². The summed E-state index contributed by atoms with van der Waals surface area (Å²) in [6.07, 6.45) is 1.08. The molecule has 3 nitrogen and oxygen atoms in total. The summed E-state index contributed by atoms with van der Waals surface area (Å²) in [5.74, 6) is 0.429. The zero-order chi connectivity index (χ0) is 10.8. The molecule has 1 fully saturated rings. The van der Waals surface area contributed by atoms with E-state index in [-0.39, 0.29) is 0 Å². The first-order valence-electron chi connectivity index (χ1n) is 5.11. The van der Waals surface area contributed by atoms with E-state index in [1.165, 1.54) is 9.26 Å². The number of hydrogen-bond acceptors (Lipinski definition) is 3. The minimum absolute atomic E-state index is 0.294. The first-order valence-corrected chi connectivity index (χ1v) is 6.19. The van der Waals surface area contributed by atoms with Crippen LogP contribution < -0.4 is 10.6 Å². The van der Waals surface area contributed by atoms with Crippen LogP contribution in [-0.2, 0) is 0 Å². The van der Waals surface area contributed by atoms with E-state index in [0.717, 1.165) is 25.2 Å². The molecule has 0 bridgehead atoms. The van der Waals surface area contributed by atoms with Gasteiger partial charge in [-0.1, -0.05) is 0 Å². The predicted molar refractivity (Wildman–Crippen MR) is 71.0 cm³/mol. The average molecular weight is 318 g/mol. The molecule has 82 valence electrons. The van der Waals surface area contributed by atoms with Crippen LogP contribution in [0.2, 0.25) is 0 Å². The minimum atomic E-state index is 0.294. The lowest BCUT2D eigenvalue weighted by atomic mass is 10.1. The van der Waals surface area contributed by atoms with Crippen molar-refractivity contribution in [2.75, 3.05) is 30.3 Å². The van der Waals surface area contributed by atoms with Crippen LogP contribution in [0.5, 0.6) is 0 Å². The van der Waals surface area contributed by atoms with Crippen LogP contribution in [0.15, 0.2) is 18.2 Å². The molecule has 0 amide bonds. The second-order valence-electron chi connectivity index (χ2n) is 3.99. The van der Waals surface area contributed by atoms with Crippen LogP contribution in [0.1, 0.15) is 6.42 Å². The lowest BCUT2D eigenvalue weighted by Crippen LogP contribution is -2.21. The molecule has 0 radical (unpaired) electrons. The van der Waals surface area contributed by atoms with Gasteiger partial charge in [-0.3, -0.25) is 0 Å². The van der Waals surface area contributed by atoms with Crippen LogP contribution in [0.25, 0.3) is 0 Å². The number of nitrogens with zero attached hydrogens (tertiary/aromatic N) is 1. The Morgan fingerprint density at radius 3 is 2.93 bits per heavy atom. The van der Waals surface area contributed by atoms with E-state index in [0.29, 0.717) is 12.5 Å². The summed E-state index contributed by atoms with van der Waals surface area (Å²) in [7, 11) is 0. The van der Waals surface area contributed by atoms with Crippen molar-refractivity contribution in [1.82, 2.24) is 0 Å². The number of nitrogen functional groups attached to an aromatic ring is 1. The van der Waals surface area contributed by atoms with Gasteiger partial charge in [0.25, 0.3) is 0 Å². The molecule has 1 aromatic rings. The highest BCUT2D eigenvalue weighted by Gasteiger charge is 2.22. The number of rotatable bonds is 2. The van der Waals surface area contributed by atoms with Crippen molar-refractivity contribution < 1.29 is 5.11 Å². The summed E-state index contributed by atoms with van der Waals surface area (Å²) in [5, 5.41) is 9.10. The summed E-state index contributed by atoms with van der Waals surface area (Å²) in [5.41, 5.74) is 7.76. The molecule has 1 saturated heterocycles. The summed E-state index contributed by atoms with van der Waals surface area (Å²) in [6.45, 7) is 2.28. The van der Waals surface area contributed by atoms with Crippen LogP contribution in [0.3, 0.4) is 0 Å². The summed E-state index contributed by atoms with van der Waals surface area (Å²) < 4.78 is 1.19. The van der Waals surface area contributed by atoms with Gasteiger partial charge in [0, 0.05) is 34.9 Å². The van der Waals surface area contributed by atoms with Crippen molar-refractivity contribution in [3.8, 4) is 0 Å². The molecule has 4 heteroatoms. The Balaban J connectivity index is 2.17. The molecular formula is C11H15IN2O. The highest BCUT2D eigenvalue weighted by atomic mass is 127. The molecule has 1 unspecified atom stereocenters. The third-order valence-electron chi connectivity index (χ3n) is 2.86. The molecule has 1 atom stereocenters. The summed E-state index contributed by atoms with van der Waals surface area (Å²) >= 11 is 2.31. The van der Waals surface area contributed by atoms with Crippen molar-refractivity contribution in [3.05, 3.63) is 21.8 Å². The Kier molecular flexibility index (Phi) is 3.35. The van der Waals surface area contributed by atoms with E-state index in [4.69, 9.17) is 10.8 Å². The SMILES string of the molecule is Nc1ccc(N2CCC(CO)C2)c(I)c1. The highest BCUT2D eigenvalue weighted by Crippen LogP contribution is 2.29. The smallest absolute Gasteiger partial charge is 0.0503 e. The standard InChI is InChI=1S/C11H15IN2O/c12-10-5-9(13)1-2-11(10)14-4-3-8(6-14)7-15/h1-2,5,8,15H,3-4,6-7,13H2. The van der Waals surface area contributed by atoms with E-state index < -0.39 is 0 Å². The van der Waals surface area contributed by atoms with Gasteiger partial charge in [0.2, 0.25) is 0 Å². The van der Waals surface area contributed by atoms with Gasteiger partial charge in [0.05, 0.1) is 5.69 Å². The molecule has 0 saturated carbocycles. The molecular weight excluding hydrogens is 303 g/mol. The van der Waals surface area contributed by atoms with Crippen molar-refractivity contribution in [3.63, 3.8) is 0 Å². The maximum atomic E-state index is 9.10. The lowest BCUT2D eigenvalue weighted by molar-refractivity contribution is 0.238. The highest BCUT2D eigenvalue weighted by molar-refractivity contribution is 14.1. The molecule has 1 aliphatic heterocycles. The fraction of sp³-hybridized carbons (Fsp3) is 0.455. The fourth-order valence-electron chi connectivity index (χ4n) is 1.98. The molecule has 0 aliphatic carbocycles. The Morgan fingerprint density at radius 1 is 1.53 bits per heavy atom. The van der Waals surface area contributed by atoms with Gasteiger partial charge >= 0.3 is 0 Å². The Hall–Kier alpha value is -0.490. The second-order valence-corrected chi connectivity index (χ2v) is 5.16. The molecule has 15 heavy (non-hydrogen) atoms. The molecule has 0 aromatic heterocycles. The van der Waals surface area contributed by atoms with Gasteiger partial charge in [-0.25, -0.2) is 0 Å². The maximum absolute atomic E-state index is 9.10. The van der Waals surface area contributed by atoms with Gasteiger partial charge in [-0.15, -0.1) is 0 Å². The topological polar surface area (TPSA) is 49.5 Å². The molecule has 0 spiro atoms. The number of benzene rings is 1. The van der Waals surface area contributed by atoms with Gasteiger partial charge in [0.1, 0.15) is 0 Å². The van der Waals surface area contributed by atoms with Crippen LogP contribution in [0, 0.1) is 9.49 Å². The second kappa shape index (κ2) is 4.57. The molecule has 1 aliphatic rings. The zero-order valence-electron chi connectivity index (χ0n) is 8.49. The third kappa shape index (κ3) is 2.36. The Bertz CT molecular complexity index is 356. The Morgan fingerprint density at radius 2 is 2.33 bits per heavy atom. The number of halogens is 1. The zero-order valence-corrected chi connectivity index (χ0v) is 10.6. The molecule has 1 aromatic carbocycles. The van der Waals surface area contributed by atoms with Crippen molar-refractivity contribution in [2.24, 2.45) is 5.92 Å². The number of anilines is 2. The number of nitrogens with two attached hydrogens (primary N) is 1. The first-order chi connectivity index (χ1) is 7.20. The van der Waals surface area contributed by atoms with Crippen LogP contribution in [-0.4, -0.2) is 24.8 Å². The van der Waals surface area contributed by atoms with Gasteiger partial charge in [-0.2, -0.15) is 0 Å². The minimum Gasteiger partial charge on any atom is -0.399 e. The number of hydrogen-bond donors (Lipinski definition) is 2. The summed E-state index contributed by atoms with van der Waals surface area (Å²) in [6, 6.07) is 5.99. The first kappa shape index (κ1) is 11.0. The largest absolute Gasteiger partial charge is 0.399 e. The quantitative estimate of drug-likeness (QED) is 0.644.